The Labute approximate surface area is 214 Å². The van der Waals surface area contributed by atoms with Gasteiger partial charge in [0.2, 0.25) is 5.91 Å². The second kappa shape index (κ2) is 10.0. The number of amides is 1. The number of fused-ring (bicyclic) bond motifs is 1. The number of aryl methyl sites for hydroxylation is 1. The number of aromatic nitrogens is 6. The van der Waals surface area contributed by atoms with E-state index in [4.69, 9.17) is 0 Å². The number of hydrogen-bond donors (Lipinski definition) is 1. The molecule has 38 heavy (non-hydrogen) atoms. The Morgan fingerprint density at radius 1 is 1.13 bits per heavy atom. The average molecular weight is 530 g/mol. The zero-order valence-corrected chi connectivity index (χ0v) is 20.5. The summed E-state index contributed by atoms with van der Waals surface area (Å²) < 4.78 is 44.3. The van der Waals surface area contributed by atoms with Gasteiger partial charge in [-0.05, 0) is 49.6 Å². The van der Waals surface area contributed by atoms with E-state index in [1.54, 1.807) is 6.92 Å². The van der Waals surface area contributed by atoms with Crippen LogP contribution in [0.1, 0.15) is 30.9 Å². The number of likely N-dealkylation sites (tertiary alicyclic amines) is 1. The molecular formula is C25H26F3N7O3. The number of alkyl halides is 2. The second-order valence-corrected chi connectivity index (χ2v) is 9.66. The molecule has 0 saturated carbocycles. The fourth-order valence-corrected chi connectivity index (χ4v) is 4.70. The molecule has 1 amide bonds. The summed E-state index contributed by atoms with van der Waals surface area (Å²) in [5.74, 6) is -0.845. The summed E-state index contributed by atoms with van der Waals surface area (Å²) in [6, 6.07) is 4.23. The van der Waals surface area contributed by atoms with Gasteiger partial charge in [0.25, 0.3) is 12.0 Å². The zero-order chi connectivity index (χ0) is 27.0. The van der Waals surface area contributed by atoms with Crippen LogP contribution in [0.25, 0.3) is 16.7 Å². The molecule has 5 rings (SSSR count). The van der Waals surface area contributed by atoms with Crippen LogP contribution in [0.3, 0.4) is 0 Å². The predicted molar refractivity (Wildman–Crippen MR) is 130 cm³/mol. The van der Waals surface area contributed by atoms with E-state index in [-0.39, 0.29) is 37.9 Å². The van der Waals surface area contributed by atoms with Crippen molar-refractivity contribution in [3.63, 3.8) is 0 Å². The predicted octanol–water partition coefficient (Wildman–Crippen LogP) is 2.48. The molecule has 4 aromatic rings. The molecule has 1 fully saturated rings. The SMILES string of the molecule is Cc1cnn([C@@H](CC(=O)N2CCC(O)(Cn3cnc4c(cnn4-c4ccc(F)cc4)c3=O)CC2)C(F)F)c1. The van der Waals surface area contributed by atoms with Crippen LogP contribution in [-0.4, -0.2) is 70.1 Å². The summed E-state index contributed by atoms with van der Waals surface area (Å²) in [6.07, 6.45) is 2.79. The summed E-state index contributed by atoms with van der Waals surface area (Å²) in [6.45, 7) is 2.01. The molecule has 0 radical (unpaired) electrons. The summed E-state index contributed by atoms with van der Waals surface area (Å²) in [4.78, 5) is 31.7. The zero-order valence-electron chi connectivity index (χ0n) is 20.5. The van der Waals surface area contributed by atoms with E-state index in [2.05, 4.69) is 15.2 Å². The molecule has 1 N–H and O–H groups in total. The molecular weight excluding hydrogens is 503 g/mol. The lowest BCUT2D eigenvalue weighted by atomic mass is 9.91. The van der Waals surface area contributed by atoms with Crippen molar-refractivity contribution in [3.05, 3.63) is 70.9 Å². The minimum absolute atomic E-state index is 0.0508. The van der Waals surface area contributed by atoms with Gasteiger partial charge in [-0.15, -0.1) is 0 Å². The number of piperidine rings is 1. The number of halogens is 3. The summed E-state index contributed by atoms with van der Waals surface area (Å²) >= 11 is 0. The lowest BCUT2D eigenvalue weighted by molar-refractivity contribution is -0.138. The Kier molecular flexibility index (Phi) is 6.78. The monoisotopic (exact) mass is 529 g/mol. The van der Waals surface area contributed by atoms with Crippen LogP contribution in [0.5, 0.6) is 0 Å². The van der Waals surface area contributed by atoms with Gasteiger partial charge < -0.3 is 10.0 Å². The molecule has 200 valence electrons. The Balaban J connectivity index is 1.25. The largest absolute Gasteiger partial charge is 0.388 e. The maximum Gasteiger partial charge on any atom is 0.264 e. The third-order valence-electron chi connectivity index (χ3n) is 6.88. The van der Waals surface area contributed by atoms with Crippen molar-refractivity contribution in [1.82, 2.24) is 34.0 Å². The Morgan fingerprint density at radius 3 is 2.47 bits per heavy atom. The topological polar surface area (TPSA) is 111 Å². The van der Waals surface area contributed by atoms with Gasteiger partial charge in [-0.2, -0.15) is 10.2 Å². The smallest absolute Gasteiger partial charge is 0.264 e. The van der Waals surface area contributed by atoms with Crippen LogP contribution in [-0.2, 0) is 11.3 Å². The normalized spacial score (nSPS) is 16.3. The molecule has 0 unspecified atom stereocenters. The van der Waals surface area contributed by atoms with Crippen molar-refractivity contribution >= 4 is 16.9 Å². The van der Waals surface area contributed by atoms with E-state index in [0.717, 1.165) is 10.2 Å². The second-order valence-electron chi connectivity index (χ2n) is 9.66. The molecule has 1 aliphatic rings. The van der Waals surface area contributed by atoms with Crippen molar-refractivity contribution in [2.75, 3.05) is 13.1 Å². The molecule has 0 bridgehead atoms. The van der Waals surface area contributed by atoms with Crippen molar-refractivity contribution < 1.29 is 23.1 Å². The van der Waals surface area contributed by atoms with E-state index in [0.29, 0.717) is 11.3 Å². The van der Waals surface area contributed by atoms with Crippen LogP contribution in [0.2, 0.25) is 0 Å². The molecule has 1 aliphatic heterocycles. The van der Waals surface area contributed by atoms with Crippen LogP contribution < -0.4 is 5.56 Å². The maximum atomic E-state index is 13.6. The first-order chi connectivity index (χ1) is 18.1. The number of rotatable bonds is 7. The fraction of sp³-hybridized carbons (Fsp3) is 0.400. The Hall–Kier alpha value is -4.00. The number of nitrogens with zero attached hydrogens (tertiary/aromatic N) is 7. The highest BCUT2D eigenvalue weighted by Gasteiger charge is 2.36. The quantitative estimate of drug-likeness (QED) is 0.394. The number of aliphatic hydroxyl groups is 1. The van der Waals surface area contributed by atoms with Gasteiger partial charge in [0.1, 0.15) is 23.6 Å². The van der Waals surface area contributed by atoms with Crippen molar-refractivity contribution in [2.45, 2.75) is 50.8 Å². The summed E-state index contributed by atoms with van der Waals surface area (Å²) in [5, 5.41) is 19.5. The first kappa shape index (κ1) is 25.6. The first-order valence-corrected chi connectivity index (χ1v) is 12.1. The van der Waals surface area contributed by atoms with E-state index >= 15 is 0 Å². The molecule has 0 aliphatic carbocycles. The summed E-state index contributed by atoms with van der Waals surface area (Å²) in [7, 11) is 0. The van der Waals surface area contributed by atoms with Crippen LogP contribution in [0, 0.1) is 12.7 Å². The first-order valence-electron chi connectivity index (χ1n) is 12.1. The Morgan fingerprint density at radius 2 is 1.84 bits per heavy atom. The van der Waals surface area contributed by atoms with Crippen molar-refractivity contribution in [3.8, 4) is 5.69 Å². The van der Waals surface area contributed by atoms with E-state index in [1.807, 2.05) is 0 Å². The molecule has 1 saturated heterocycles. The van der Waals surface area contributed by atoms with Gasteiger partial charge in [0.15, 0.2) is 5.65 Å². The average Bonchev–Trinajstić information content (AvgIpc) is 3.51. The third kappa shape index (κ3) is 5.05. The molecule has 3 aromatic heterocycles. The third-order valence-corrected chi connectivity index (χ3v) is 6.88. The number of benzene rings is 1. The molecule has 13 heteroatoms. The van der Waals surface area contributed by atoms with Crippen molar-refractivity contribution in [1.29, 1.82) is 0 Å². The van der Waals surface area contributed by atoms with Gasteiger partial charge >= 0.3 is 0 Å². The van der Waals surface area contributed by atoms with Crippen LogP contribution in [0.4, 0.5) is 13.2 Å². The van der Waals surface area contributed by atoms with Gasteiger partial charge in [0, 0.05) is 19.3 Å². The highest BCUT2D eigenvalue weighted by molar-refractivity contribution is 5.77. The van der Waals surface area contributed by atoms with Gasteiger partial charge in [0.05, 0.1) is 36.6 Å². The van der Waals surface area contributed by atoms with Gasteiger partial charge in [-0.1, -0.05) is 0 Å². The minimum atomic E-state index is -2.76. The Bertz CT molecular complexity index is 1500. The lowest BCUT2D eigenvalue weighted by Gasteiger charge is -2.38. The van der Waals surface area contributed by atoms with E-state index in [1.165, 1.54) is 63.3 Å². The van der Waals surface area contributed by atoms with Gasteiger partial charge in [-0.3, -0.25) is 18.8 Å². The van der Waals surface area contributed by atoms with Gasteiger partial charge in [-0.25, -0.2) is 22.8 Å². The highest BCUT2D eigenvalue weighted by Crippen LogP contribution is 2.27. The van der Waals surface area contributed by atoms with Crippen LogP contribution in [0.15, 0.2) is 54.0 Å². The molecule has 1 atom stereocenters. The standard InChI is InChI=1S/C25H26F3N7O3/c1-16-11-30-34(13-16)20(22(27)28)10-21(36)32-8-6-25(38,7-9-32)14-33-15-29-23-19(24(33)37)12-31-35(23)18-4-2-17(26)3-5-18/h2-5,11-13,15,20,22,38H,6-10,14H2,1H3/t20-/m0/s1. The van der Waals surface area contributed by atoms with E-state index in [9.17, 15) is 27.9 Å². The number of carbonyl (C=O) groups is 1. The fourth-order valence-electron chi connectivity index (χ4n) is 4.70. The minimum Gasteiger partial charge on any atom is -0.388 e. The molecule has 0 spiro atoms. The molecule has 1 aromatic carbocycles. The number of hydrogen-bond acceptors (Lipinski definition) is 6. The van der Waals surface area contributed by atoms with E-state index < -0.39 is 41.8 Å². The number of carbonyl (C=O) groups excluding carboxylic acids is 1. The molecule has 10 nitrogen and oxygen atoms in total. The van der Waals surface area contributed by atoms with Crippen LogP contribution >= 0.6 is 0 Å². The summed E-state index contributed by atoms with van der Waals surface area (Å²) in [5.41, 5.74) is -0.129. The maximum absolute atomic E-state index is 13.6. The molecule has 4 heterocycles. The highest BCUT2D eigenvalue weighted by atomic mass is 19.3. The van der Waals surface area contributed by atoms with Crippen molar-refractivity contribution in [2.24, 2.45) is 0 Å². The lowest BCUT2D eigenvalue weighted by Crippen LogP contribution is -2.50.